The van der Waals surface area contributed by atoms with Gasteiger partial charge in [0.2, 0.25) is 5.89 Å². The maximum atomic E-state index is 11.9. The number of benzene rings is 1. The third kappa shape index (κ3) is 4.33. The minimum Gasteiger partial charge on any atom is -0.483 e. The van der Waals surface area contributed by atoms with Crippen molar-refractivity contribution in [1.29, 1.82) is 0 Å². The van der Waals surface area contributed by atoms with Crippen molar-refractivity contribution < 1.29 is 19.1 Å². The number of oxazole rings is 1. The molecular weight excluding hydrogens is 322 g/mol. The molecule has 2 N–H and O–H groups in total. The zero-order chi connectivity index (χ0) is 17.6. The number of nitrogens with zero attached hydrogens (tertiary/aromatic N) is 2. The Morgan fingerprint density at radius 3 is 3.12 bits per heavy atom. The summed E-state index contributed by atoms with van der Waals surface area (Å²) < 4.78 is 11.1. The van der Waals surface area contributed by atoms with E-state index in [0.717, 1.165) is 10.8 Å². The van der Waals surface area contributed by atoms with E-state index in [1.807, 2.05) is 24.3 Å². The number of carbonyl (C=O) groups is 1. The largest absolute Gasteiger partial charge is 0.483 e. The number of pyridine rings is 1. The number of hydrogen-bond donors (Lipinski definition) is 2. The minimum absolute atomic E-state index is 0.113. The van der Waals surface area contributed by atoms with Gasteiger partial charge in [0.25, 0.3) is 5.91 Å². The molecule has 0 fully saturated rings. The maximum Gasteiger partial charge on any atom is 0.273 e. The van der Waals surface area contributed by atoms with Crippen molar-refractivity contribution in [2.24, 2.45) is 0 Å². The van der Waals surface area contributed by atoms with Gasteiger partial charge >= 0.3 is 0 Å². The highest BCUT2D eigenvalue weighted by molar-refractivity contribution is 5.91. The van der Waals surface area contributed by atoms with E-state index in [1.54, 1.807) is 19.3 Å². The molecule has 130 valence electrons. The van der Waals surface area contributed by atoms with Crippen molar-refractivity contribution in [1.82, 2.24) is 15.3 Å². The highest BCUT2D eigenvalue weighted by Gasteiger charge is 2.13. The number of nitrogens with one attached hydrogen (secondary N) is 1. The molecule has 0 aliphatic rings. The number of ether oxygens (including phenoxy) is 1. The second kappa shape index (κ2) is 7.76. The van der Waals surface area contributed by atoms with E-state index < -0.39 is 6.10 Å². The van der Waals surface area contributed by atoms with Gasteiger partial charge < -0.3 is 19.6 Å². The lowest BCUT2D eigenvalue weighted by molar-refractivity contribution is 0.0940. The summed E-state index contributed by atoms with van der Waals surface area (Å²) >= 11 is 0. The third-order valence-electron chi connectivity index (χ3n) is 3.62. The lowest BCUT2D eigenvalue weighted by Crippen LogP contribution is -2.26. The fraction of sp³-hybridized carbons (Fsp3) is 0.278. The van der Waals surface area contributed by atoms with Crippen LogP contribution in [0.1, 0.15) is 29.7 Å². The smallest absolute Gasteiger partial charge is 0.273 e. The molecule has 0 saturated heterocycles. The van der Waals surface area contributed by atoms with Crippen molar-refractivity contribution in [2.45, 2.75) is 26.1 Å². The summed E-state index contributed by atoms with van der Waals surface area (Å²) in [6.07, 6.45) is 4.79. The van der Waals surface area contributed by atoms with Gasteiger partial charge in [-0.15, -0.1) is 0 Å². The van der Waals surface area contributed by atoms with Crippen molar-refractivity contribution >= 4 is 16.7 Å². The number of rotatable bonds is 7. The molecule has 7 heteroatoms. The van der Waals surface area contributed by atoms with Crippen LogP contribution in [0.4, 0.5) is 0 Å². The minimum atomic E-state index is -0.461. The average Bonchev–Trinajstić information content (AvgIpc) is 3.08. The summed E-state index contributed by atoms with van der Waals surface area (Å²) in [4.78, 5) is 20.1. The number of amides is 1. The molecule has 3 aromatic rings. The van der Waals surface area contributed by atoms with Crippen LogP contribution >= 0.6 is 0 Å². The average molecular weight is 341 g/mol. The lowest BCUT2D eigenvalue weighted by atomic mass is 10.1. The Bertz CT molecular complexity index is 855. The fourth-order valence-corrected chi connectivity index (χ4v) is 2.32. The second-order valence-corrected chi connectivity index (χ2v) is 5.66. The number of aliphatic hydroxyl groups is 1. The van der Waals surface area contributed by atoms with Crippen LogP contribution in [0.25, 0.3) is 10.8 Å². The van der Waals surface area contributed by atoms with Crippen LogP contribution in [0.5, 0.6) is 5.75 Å². The Kier molecular flexibility index (Phi) is 5.25. The van der Waals surface area contributed by atoms with Crippen molar-refractivity contribution in [3.8, 4) is 5.75 Å². The van der Waals surface area contributed by atoms with Gasteiger partial charge in [0.15, 0.2) is 12.3 Å². The molecule has 1 atom stereocenters. The van der Waals surface area contributed by atoms with Gasteiger partial charge in [-0.1, -0.05) is 12.1 Å². The summed E-state index contributed by atoms with van der Waals surface area (Å²) in [5, 5.41) is 13.8. The maximum absolute atomic E-state index is 11.9. The number of fused-ring (bicyclic) bond motifs is 1. The molecule has 0 aliphatic carbocycles. The summed E-state index contributed by atoms with van der Waals surface area (Å²) in [5.41, 5.74) is 0.186. The van der Waals surface area contributed by atoms with E-state index in [-0.39, 0.29) is 18.2 Å². The van der Waals surface area contributed by atoms with Gasteiger partial charge in [0.05, 0.1) is 6.10 Å². The van der Waals surface area contributed by atoms with Gasteiger partial charge in [0.1, 0.15) is 12.0 Å². The molecule has 7 nitrogen and oxygen atoms in total. The first-order chi connectivity index (χ1) is 12.1. The predicted octanol–water partition coefficient (Wildman–Crippen LogP) is 2.30. The quantitative estimate of drug-likeness (QED) is 0.684. The molecule has 0 radical (unpaired) electrons. The molecule has 0 unspecified atom stereocenters. The number of carbonyl (C=O) groups excluding carboxylic acids is 1. The number of aliphatic hydroxyl groups excluding tert-OH is 1. The summed E-state index contributed by atoms with van der Waals surface area (Å²) in [7, 11) is 0. The zero-order valence-corrected chi connectivity index (χ0v) is 13.8. The fourth-order valence-electron chi connectivity index (χ4n) is 2.32. The first-order valence-corrected chi connectivity index (χ1v) is 7.99. The van der Waals surface area contributed by atoms with Crippen LogP contribution in [0.3, 0.4) is 0 Å². The van der Waals surface area contributed by atoms with Crippen molar-refractivity contribution in [2.75, 3.05) is 6.54 Å². The van der Waals surface area contributed by atoms with E-state index in [0.29, 0.717) is 24.6 Å². The first-order valence-electron chi connectivity index (χ1n) is 7.99. The van der Waals surface area contributed by atoms with E-state index in [9.17, 15) is 9.90 Å². The Balaban J connectivity index is 1.61. The monoisotopic (exact) mass is 341 g/mol. The van der Waals surface area contributed by atoms with E-state index in [4.69, 9.17) is 9.15 Å². The van der Waals surface area contributed by atoms with Gasteiger partial charge in [-0.2, -0.15) is 0 Å². The zero-order valence-electron chi connectivity index (χ0n) is 13.8. The molecule has 0 spiro atoms. The summed E-state index contributed by atoms with van der Waals surface area (Å²) in [6.45, 7) is 2.16. The second-order valence-electron chi connectivity index (χ2n) is 5.66. The predicted molar refractivity (Wildman–Crippen MR) is 91.2 cm³/mol. The number of aromatic nitrogens is 2. The first kappa shape index (κ1) is 16.9. The Morgan fingerprint density at radius 2 is 2.28 bits per heavy atom. The SMILES string of the molecule is C[C@@H](O)CCNC(=O)c1coc(COc2cccc3cnccc23)n1. The molecule has 2 heterocycles. The molecular formula is C18H19N3O4. The molecule has 3 rings (SSSR count). The Labute approximate surface area is 144 Å². The van der Waals surface area contributed by atoms with Gasteiger partial charge in [0, 0.05) is 29.7 Å². The van der Waals surface area contributed by atoms with Crippen LogP contribution in [0.15, 0.2) is 47.3 Å². The van der Waals surface area contributed by atoms with Crippen LogP contribution in [0.2, 0.25) is 0 Å². The standard InChI is InChI=1S/C18H19N3O4/c1-12(22)5-8-20-18(23)15-10-25-17(21-15)11-24-16-4-2-3-13-9-19-7-6-14(13)16/h2-4,6-7,9-10,12,22H,5,8,11H2,1H3,(H,20,23)/t12-/m1/s1. The molecule has 0 aliphatic heterocycles. The van der Waals surface area contributed by atoms with Gasteiger partial charge in [-0.05, 0) is 25.5 Å². The normalized spacial score (nSPS) is 12.1. The molecule has 0 saturated carbocycles. The Hall–Kier alpha value is -2.93. The van der Waals surface area contributed by atoms with Gasteiger partial charge in [-0.25, -0.2) is 4.98 Å². The lowest BCUT2D eigenvalue weighted by Gasteiger charge is -2.07. The third-order valence-corrected chi connectivity index (χ3v) is 3.62. The highest BCUT2D eigenvalue weighted by Crippen LogP contribution is 2.25. The van der Waals surface area contributed by atoms with E-state index in [1.165, 1.54) is 6.26 Å². The topological polar surface area (TPSA) is 97.5 Å². The van der Waals surface area contributed by atoms with Gasteiger partial charge in [-0.3, -0.25) is 9.78 Å². The van der Waals surface area contributed by atoms with Crippen molar-refractivity contribution in [3.05, 3.63) is 54.5 Å². The van der Waals surface area contributed by atoms with Crippen LogP contribution in [0, 0.1) is 0 Å². The van der Waals surface area contributed by atoms with E-state index >= 15 is 0 Å². The van der Waals surface area contributed by atoms with Crippen LogP contribution in [-0.2, 0) is 6.61 Å². The highest BCUT2D eigenvalue weighted by atomic mass is 16.5. The molecule has 1 amide bonds. The molecule has 0 bridgehead atoms. The van der Waals surface area contributed by atoms with E-state index in [2.05, 4.69) is 15.3 Å². The van der Waals surface area contributed by atoms with Crippen LogP contribution < -0.4 is 10.1 Å². The van der Waals surface area contributed by atoms with Crippen LogP contribution in [-0.4, -0.2) is 33.6 Å². The molecule has 25 heavy (non-hydrogen) atoms. The number of hydrogen-bond acceptors (Lipinski definition) is 6. The van der Waals surface area contributed by atoms with Crippen molar-refractivity contribution in [3.63, 3.8) is 0 Å². The Morgan fingerprint density at radius 1 is 1.40 bits per heavy atom. The summed E-state index contributed by atoms with van der Waals surface area (Å²) in [5.74, 6) is 0.666. The summed E-state index contributed by atoms with van der Waals surface area (Å²) in [6, 6.07) is 7.57. The molecule has 1 aromatic carbocycles. The molecule has 2 aromatic heterocycles.